The fourth-order valence-corrected chi connectivity index (χ4v) is 2.58. The van der Waals surface area contributed by atoms with Crippen molar-refractivity contribution < 1.29 is 4.79 Å². The predicted molar refractivity (Wildman–Crippen MR) is 73.2 cm³/mol. The van der Waals surface area contributed by atoms with Gasteiger partial charge in [0, 0.05) is 19.2 Å². The van der Waals surface area contributed by atoms with Gasteiger partial charge in [-0.2, -0.15) is 22.6 Å². The van der Waals surface area contributed by atoms with Gasteiger partial charge in [0.15, 0.2) is 0 Å². The summed E-state index contributed by atoms with van der Waals surface area (Å²) in [5.74, 6) is 1.32. The zero-order chi connectivity index (χ0) is 12.7. The maximum Gasteiger partial charge on any atom is 0.235 e. The largest absolute Gasteiger partial charge is 0.346 e. The molecule has 18 heavy (non-hydrogen) atoms. The van der Waals surface area contributed by atoms with E-state index in [1.54, 1.807) is 11.1 Å². The van der Waals surface area contributed by atoms with Crippen LogP contribution in [-0.2, 0) is 4.79 Å². The number of nitrogens with one attached hydrogen (secondary N) is 1. The van der Waals surface area contributed by atoms with E-state index in [0.29, 0.717) is 35.5 Å². The SMILES string of the molecule is O=C1CC(CS)CN1c1nc(Cl)c2cc[nH]c2n1. The third-order valence-electron chi connectivity index (χ3n) is 3.06. The first-order chi connectivity index (χ1) is 8.69. The summed E-state index contributed by atoms with van der Waals surface area (Å²) in [7, 11) is 0. The first-order valence-corrected chi connectivity index (χ1v) is 6.62. The lowest BCUT2D eigenvalue weighted by Crippen LogP contribution is -2.26. The third-order valence-corrected chi connectivity index (χ3v) is 3.87. The molecule has 0 aromatic carbocycles. The highest BCUT2D eigenvalue weighted by atomic mass is 35.5. The van der Waals surface area contributed by atoms with Gasteiger partial charge in [0.05, 0.1) is 5.39 Å². The number of fused-ring (bicyclic) bond motifs is 1. The van der Waals surface area contributed by atoms with Gasteiger partial charge >= 0.3 is 0 Å². The van der Waals surface area contributed by atoms with Crippen molar-refractivity contribution in [1.82, 2.24) is 15.0 Å². The van der Waals surface area contributed by atoms with Crippen molar-refractivity contribution in [1.29, 1.82) is 0 Å². The molecule has 1 amide bonds. The summed E-state index contributed by atoms with van der Waals surface area (Å²) < 4.78 is 0. The number of hydrogen-bond donors (Lipinski definition) is 2. The molecular formula is C11H11ClN4OS. The molecular weight excluding hydrogens is 272 g/mol. The molecule has 2 aromatic heterocycles. The first-order valence-electron chi connectivity index (χ1n) is 5.61. The van der Waals surface area contributed by atoms with Crippen LogP contribution in [0.15, 0.2) is 12.3 Å². The summed E-state index contributed by atoms with van der Waals surface area (Å²) in [4.78, 5) is 25.0. The van der Waals surface area contributed by atoms with Gasteiger partial charge in [-0.05, 0) is 17.7 Å². The number of carbonyl (C=O) groups excluding carboxylic acids is 1. The summed E-state index contributed by atoms with van der Waals surface area (Å²) in [5, 5.41) is 1.12. The zero-order valence-corrected chi connectivity index (χ0v) is 11.1. The highest BCUT2D eigenvalue weighted by molar-refractivity contribution is 7.80. The third kappa shape index (κ3) is 1.85. The van der Waals surface area contributed by atoms with Gasteiger partial charge in [0.1, 0.15) is 10.8 Å². The van der Waals surface area contributed by atoms with E-state index in [1.807, 2.05) is 6.07 Å². The number of aromatic nitrogens is 3. The lowest BCUT2D eigenvalue weighted by Gasteiger charge is -2.14. The van der Waals surface area contributed by atoms with Crippen LogP contribution in [-0.4, -0.2) is 33.2 Å². The van der Waals surface area contributed by atoms with Crippen molar-refractivity contribution in [2.75, 3.05) is 17.2 Å². The molecule has 0 saturated carbocycles. The molecule has 3 rings (SSSR count). The maximum atomic E-state index is 11.9. The summed E-state index contributed by atoms with van der Waals surface area (Å²) >= 11 is 10.3. The quantitative estimate of drug-likeness (QED) is 0.653. The molecule has 2 aromatic rings. The van der Waals surface area contributed by atoms with E-state index in [0.717, 1.165) is 5.39 Å². The number of rotatable bonds is 2. The van der Waals surface area contributed by atoms with Crippen LogP contribution in [0.3, 0.4) is 0 Å². The van der Waals surface area contributed by atoms with Gasteiger partial charge in [-0.3, -0.25) is 9.69 Å². The van der Waals surface area contributed by atoms with Crippen molar-refractivity contribution in [2.45, 2.75) is 6.42 Å². The van der Waals surface area contributed by atoms with Crippen LogP contribution in [0.4, 0.5) is 5.95 Å². The Kier molecular flexibility index (Phi) is 2.91. The number of thiol groups is 1. The number of halogens is 1. The molecule has 94 valence electrons. The van der Waals surface area contributed by atoms with Gasteiger partial charge in [0.2, 0.25) is 11.9 Å². The second kappa shape index (κ2) is 4.44. The molecule has 0 bridgehead atoms. The molecule has 1 unspecified atom stereocenters. The molecule has 1 atom stereocenters. The Labute approximate surface area is 114 Å². The van der Waals surface area contributed by atoms with Crippen LogP contribution < -0.4 is 4.90 Å². The molecule has 1 N–H and O–H groups in total. The van der Waals surface area contributed by atoms with Crippen molar-refractivity contribution in [3.05, 3.63) is 17.4 Å². The minimum atomic E-state index is 0.0241. The van der Waals surface area contributed by atoms with Crippen molar-refractivity contribution >= 4 is 47.1 Å². The van der Waals surface area contributed by atoms with E-state index in [2.05, 4.69) is 27.6 Å². The second-order valence-electron chi connectivity index (χ2n) is 4.31. The van der Waals surface area contributed by atoms with Crippen molar-refractivity contribution in [3.8, 4) is 0 Å². The monoisotopic (exact) mass is 282 g/mol. The normalized spacial score (nSPS) is 20.0. The second-order valence-corrected chi connectivity index (χ2v) is 5.03. The summed E-state index contributed by atoms with van der Waals surface area (Å²) in [6.45, 7) is 0.602. The Morgan fingerprint density at radius 2 is 2.39 bits per heavy atom. The molecule has 1 saturated heterocycles. The molecule has 1 fully saturated rings. The molecule has 1 aliphatic rings. The standard InChI is InChI=1S/C11H11ClN4OS/c12-9-7-1-2-13-10(7)15-11(14-9)16-4-6(5-18)3-8(16)17/h1-2,6,18H,3-5H2,(H,13,14,15). The number of aromatic amines is 1. The molecule has 1 aliphatic heterocycles. The van der Waals surface area contributed by atoms with Crippen LogP contribution in [0.25, 0.3) is 11.0 Å². The van der Waals surface area contributed by atoms with Crippen LogP contribution in [0.2, 0.25) is 5.15 Å². The molecule has 5 nitrogen and oxygen atoms in total. The predicted octanol–water partition coefficient (Wildman–Crippen LogP) is 1.89. The minimum absolute atomic E-state index is 0.0241. The Balaban J connectivity index is 2.01. The number of anilines is 1. The van der Waals surface area contributed by atoms with Gasteiger partial charge < -0.3 is 4.98 Å². The summed E-state index contributed by atoms with van der Waals surface area (Å²) in [5.41, 5.74) is 0.645. The Morgan fingerprint density at radius 1 is 1.56 bits per heavy atom. The zero-order valence-electron chi connectivity index (χ0n) is 9.43. The van der Waals surface area contributed by atoms with Crippen LogP contribution in [0.1, 0.15) is 6.42 Å². The Bertz CT molecular complexity index is 614. The average Bonchev–Trinajstić information content (AvgIpc) is 2.95. The van der Waals surface area contributed by atoms with Gasteiger partial charge in [-0.1, -0.05) is 11.6 Å². The molecule has 0 radical (unpaired) electrons. The van der Waals surface area contributed by atoms with Crippen LogP contribution >= 0.6 is 24.2 Å². The van der Waals surface area contributed by atoms with Crippen LogP contribution in [0, 0.1) is 5.92 Å². The smallest absolute Gasteiger partial charge is 0.235 e. The number of H-pyrrole nitrogens is 1. The Hall–Kier alpha value is -1.27. The van der Waals surface area contributed by atoms with E-state index in [4.69, 9.17) is 11.6 Å². The van der Waals surface area contributed by atoms with E-state index in [9.17, 15) is 4.79 Å². The first kappa shape index (κ1) is 11.8. The number of nitrogens with zero attached hydrogens (tertiary/aromatic N) is 3. The molecule has 0 spiro atoms. The van der Waals surface area contributed by atoms with Crippen molar-refractivity contribution in [3.63, 3.8) is 0 Å². The molecule has 0 aliphatic carbocycles. The van der Waals surface area contributed by atoms with E-state index < -0.39 is 0 Å². The molecule has 7 heteroatoms. The lowest BCUT2D eigenvalue weighted by molar-refractivity contribution is -0.117. The topological polar surface area (TPSA) is 61.9 Å². The maximum absolute atomic E-state index is 11.9. The number of amides is 1. The lowest BCUT2D eigenvalue weighted by atomic mass is 10.1. The van der Waals surface area contributed by atoms with E-state index in [-0.39, 0.29) is 11.8 Å². The van der Waals surface area contributed by atoms with Crippen LogP contribution in [0.5, 0.6) is 0 Å². The fraction of sp³-hybridized carbons (Fsp3) is 0.364. The minimum Gasteiger partial charge on any atom is -0.346 e. The van der Waals surface area contributed by atoms with Gasteiger partial charge in [0.25, 0.3) is 0 Å². The molecule has 3 heterocycles. The van der Waals surface area contributed by atoms with Gasteiger partial charge in [-0.15, -0.1) is 0 Å². The van der Waals surface area contributed by atoms with Gasteiger partial charge in [-0.25, -0.2) is 0 Å². The van der Waals surface area contributed by atoms with E-state index >= 15 is 0 Å². The highest BCUT2D eigenvalue weighted by Gasteiger charge is 2.31. The van der Waals surface area contributed by atoms with Crippen molar-refractivity contribution in [2.24, 2.45) is 5.92 Å². The number of hydrogen-bond acceptors (Lipinski definition) is 4. The number of carbonyl (C=O) groups is 1. The fourth-order valence-electron chi connectivity index (χ4n) is 2.11. The highest BCUT2D eigenvalue weighted by Crippen LogP contribution is 2.27. The average molecular weight is 283 g/mol. The van der Waals surface area contributed by atoms with E-state index in [1.165, 1.54) is 0 Å². The summed E-state index contributed by atoms with van der Waals surface area (Å²) in [6, 6.07) is 1.81. The Morgan fingerprint density at radius 3 is 3.11 bits per heavy atom. The summed E-state index contributed by atoms with van der Waals surface area (Å²) in [6.07, 6.45) is 2.24.